The summed E-state index contributed by atoms with van der Waals surface area (Å²) in [6.45, 7) is 5.85. The van der Waals surface area contributed by atoms with E-state index in [2.05, 4.69) is 9.97 Å². The number of nitrogens with zero attached hydrogens (tertiary/aromatic N) is 2. The highest BCUT2D eigenvalue weighted by atomic mass is 35.5. The van der Waals surface area contributed by atoms with Crippen molar-refractivity contribution in [3.8, 4) is 0 Å². The quantitative estimate of drug-likeness (QED) is 0.460. The third-order valence-electron chi connectivity index (χ3n) is 3.17. The maximum absolute atomic E-state index is 12.2. The van der Waals surface area contributed by atoms with Gasteiger partial charge >= 0.3 is 0 Å². The molecule has 0 spiro atoms. The van der Waals surface area contributed by atoms with Crippen LogP contribution in [0.15, 0.2) is 23.4 Å². The second kappa shape index (κ2) is 6.77. The van der Waals surface area contributed by atoms with Crippen LogP contribution in [0.3, 0.4) is 0 Å². The summed E-state index contributed by atoms with van der Waals surface area (Å²) in [5, 5.41) is 1.50. The third kappa shape index (κ3) is 3.96. The molecule has 0 unspecified atom stereocenters. The molecule has 0 saturated carbocycles. The average molecular weight is 341 g/mol. The zero-order chi connectivity index (χ0) is 15.6. The summed E-state index contributed by atoms with van der Waals surface area (Å²) in [5.74, 6) is 0.133. The van der Waals surface area contributed by atoms with Crippen molar-refractivity contribution in [2.24, 2.45) is 0 Å². The SMILES string of the molecule is Cc1nc(SCC(=O)c2cc(Cl)ccc2Cl)nc(C)c1C. The Balaban J connectivity index is 2.13. The van der Waals surface area contributed by atoms with Gasteiger partial charge in [0.1, 0.15) is 0 Å². The fourth-order valence-corrected chi connectivity index (χ4v) is 2.94. The fraction of sp³-hybridized carbons (Fsp3) is 0.267. The summed E-state index contributed by atoms with van der Waals surface area (Å²) in [5.41, 5.74) is 3.36. The fourth-order valence-electron chi connectivity index (χ4n) is 1.73. The summed E-state index contributed by atoms with van der Waals surface area (Å²) in [6.07, 6.45) is 0. The number of halogens is 2. The van der Waals surface area contributed by atoms with Gasteiger partial charge in [-0.1, -0.05) is 35.0 Å². The largest absolute Gasteiger partial charge is 0.293 e. The van der Waals surface area contributed by atoms with Crippen molar-refractivity contribution in [1.82, 2.24) is 9.97 Å². The van der Waals surface area contributed by atoms with Crippen LogP contribution < -0.4 is 0 Å². The van der Waals surface area contributed by atoms with Gasteiger partial charge < -0.3 is 0 Å². The van der Waals surface area contributed by atoms with Gasteiger partial charge in [-0.3, -0.25) is 4.79 Å². The van der Waals surface area contributed by atoms with Gasteiger partial charge in [0.25, 0.3) is 0 Å². The smallest absolute Gasteiger partial charge is 0.188 e. The number of hydrogen-bond donors (Lipinski definition) is 0. The van der Waals surface area contributed by atoms with Gasteiger partial charge in [-0.15, -0.1) is 0 Å². The first-order valence-electron chi connectivity index (χ1n) is 6.31. The molecule has 0 saturated heterocycles. The summed E-state index contributed by atoms with van der Waals surface area (Å²) < 4.78 is 0. The molecule has 110 valence electrons. The maximum Gasteiger partial charge on any atom is 0.188 e. The molecule has 0 N–H and O–H groups in total. The van der Waals surface area contributed by atoms with E-state index in [1.807, 2.05) is 20.8 Å². The van der Waals surface area contributed by atoms with Gasteiger partial charge in [-0.2, -0.15) is 0 Å². The Bertz CT molecular complexity index is 681. The Morgan fingerprint density at radius 1 is 1.14 bits per heavy atom. The van der Waals surface area contributed by atoms with Crippen LogP contribution in [0.4, 0.5) is 0 Å². The number of ketones is 1. The number of thioether (sulfide) groups is 1. The van der Waals surface area contributed by atoms with E-state index in [9.17, 15) is 4.79 Å². The van der Waals surface area contributed by atoms with Crippen molar-refractivity contribution in [1.29, 1.82) is 0 Å². The van der Waals surface area contributed by atoms with Crippen molar-refractivity contribution >= 4 is 40.7 Å². The number of hydrogen-bond acceptors (Lipinski definition) is 4. The van der Waals surface area contributed by atoms with E-state index >= 15 is 0 Å². The van der Waals surface area contributed by atoms with Gasteiger partial charge in [0, 0.05) is 22.0 Å². The lowest BCUT2D eigenvalue weighted by Gasteiger charge is -2.07. The molecule has 21 heavy (non-hydrogen) atoms. The minimum absolute atomic E-state index is 0.0908. The van der Waals surface area contributed by atoms with Crippen molar-refractivity contribution in [2.75, 3.05) is 5.75 Å². The number of carbonyl (C=O) groups is 1. The van der Waals surface area contributed by atoms with Crippen LogP contribution in [0, 0.1) is 20.8 Å². The molecule has 1 aromatic carbocycles. The Kier molecular flexibility index (Phi) is 5.25. The predicted octanol–water partition coefficient (Wildman–Crippen LogP) is 4.68. The molecule has 6 heteroatoms. The lowest BCUT2D eigenvalue weighted by atomic mass is 10.1. The van der Waals surface area contributed by atoms with Crippen LogP contribution in [0.1, 0.15) is 27.3 Å². The number of carbonyl (C=O) groups excluding carboxylic acids is 1. The monoisotopic (exact) mass is 340 g/mol. The molecule has 1 heterocycles. The average Bonchev–Trinajstić information content (AvgIpc) is 2.44. The van der Waals surface area contributed by atoms with Crippen molar-refractivity contribution in [2.45, 2.75) is 25.9 Å². The van der Waals surface area contributed by atoms with Crippen molar-refractivity contribution in [3.63, 3.8) is 0 Å². The van der Waals surface area contributed by atoms with Gasteiger partial charge in [0.2, 0.25) is 0 Å². The lowest BCUT2D eigenvalue weighted by molar-refractivity contribution is 0.102. The molecular weight excluding hydrogens is 327 g/mol. The van der Waals surface area contributed by atoms with E-state index in [0.29, 0.717) is 20.8 Å². The molecule has 0 amide bonds. The normalized spacial score (nSPS) is 10.7. The van der Waals surface area contributed by atoms with Gasteiger partial charge in [-0.05, 0) is 44.5 Å². The molecule has 0 atom stereocenters. The molecule has 0 aliphatic carbocycles. The van der Waals surface area contributed by atoms with Crippen LogP contribution in [-0.4, -0.2) is 21.5 Å². The molecule has 0 fully saturated rings. The van der Waals surface area contributed by atoms with E-state index in [1.54, 1.807) is 18.2 Å². The zero-order valence-electron chi connectivity index (χ0n) is 11.9. The minimum Gasteiger partial charge on any atom is -0.293 e. The molecule has 0 bridgehead atoms. The molecule has 0 aliphatic heterocycles. The lowest BCUT2D eigenvalue weighted by Crippen LogP contribution is -2.05. The number of benzene rings is 1. The molecule has 0 radical (unpaired) electrons. The van der Waals surface area contributed by atoms with Crippen LogP contribution in [0.2, 0.25) is 10.0 Å². The topological polar surface area (TPSA) is 42.9 Å². The Morgan fingerprint density at radius 3 is 2.38 bits per heavy atom. The Hall–Kier alpha value is -1.10. The molecule has 3 nitrogen and oxygen atoms in total. The van der Waals surface area contributed by atoms with E-state index < -0.39 is 0 Å². The number of rotatable bonds is 4. The molecule has 1 aromatic heterocycles. The Morgan fingerprint density at radius 2 is 1.76 bits per heavy atom. The number of aryl methyl sites for hydroxylation is 2. The minimum atomic E-state index is -0.0908. The number of Topliss-reactive ketones (excluding diaryl/α,β-unsaturated/α-hetero) is 1. The van der Waals surface area contributed by atoms with Crippen molar-refractivity contribution < 1.29 is 4.79 Å². The highest BCUT2D eigenvalue weighted by molar-refractivity contribution is 7.99. The van der Waals surface area contributed by atoms with E-state index in [-0.39, 0.29) is 11.5 Å². The van der Waals surface area contributed by atoms with Gasteiger partial charge in [0.15, 0.2) is 10.9 Å². The van der Waals surface area contributed by atoms with E-state index in [4.69, 9.17) is 23.2 Å². The van der Waals surface area contributed by atoms with Crippen LogP contribution in [0.25, 0.3) is 0 Å². The first-order chi connectivity index (χ1) is 9.88. The molecule has 0 aliphatic rings. The summed E-state index contributed by atoms with van der Waals surface area (Å²) >= 11 is 13.2. The highest BCUT2D eigenvalue weighted by Gasteiger charge is 2.13. The summed E-state index contributed by atoms with van der Waals surface area (Å²) in [4.78, 5) is 21.0. The van der Waals surface area contributed by atoms with Gasteiger partial charge in [-0.25, -0.2) is 9.97 Å². The Labute approximate surface area is 138 Å². The second-order valence-corrected chi connectivity index (χ2v) is 6.42. The van der Waals surface area contributed by atoms with Crippen LogP contribution in [-0.2, 0) is 0 Å². The summed E-state index contributed by atoms with van der Waals surface area (Å²) in [7, 11) is 0. The summed E-state index contributed by atoms with van der Waals surface area (Å²) in [6, 6.07) is 4.86. The van der Waals surface area contributed by atoms with Crippen LogP contribution >= 0.6 is 35.0 Å². The number of aromatic nitrogens is 2. The second-order valence-electron chi connectivity index (χ2n) is 4.64. The first-order valence-corrected chi connectivity index (χ1v) is 8.05. The van der Waals surface area contributed by atoms with Crippen molar-refractivity contribution in [3.05, 3.63) is 50.8 Å². The van der Waals surface area contributed by atoms with E-state index in [0.717, 1.165) is 17.0 Å². The predicted molar refractivity (Wildman–Crippen MR) is 87.8 cm³/mol. The van der Waals surface area contributed by atoms with Crippen LogP contribution in [0.5, 0.6) is 0 Å². The highest BCUT2D eigenvalue weighted by Crippen LogP contribution is 2.24. The molecule has 2 aromatic rings. The molecule has 2 rings (SSSR count). The van der Waals surface area contributed by atoms with Gasteiger partial charge in [0.05, 0.1) is 10.8 Å². The standard InChI is InChI=1S/C15H14Cl2N2OS/c1-8-9(2)18-15(19-10(8)3)21-7-14(20)12-6-11(16)4-5-13(12)17/h4-6H,7H2,1-3H3. The third-order valence-corrected chi connectivity index (χ3v) is 4.59. The van der Waals surface area contributed by atoms with E-state index in [1.165, 1.54) is 11.8 Å². The first kappa shape index (κ1) is 16.3. The zero-order valence-corrected chi connectivity index (χ0v) is 14.2. The maximum atomic E-state index is 12.2. The molecular formula is C15H14Cl2N2OS.